The van der Waals surface area contributed by atoms with Crippen molar-refractivity contribution in [2.24, 2.45) is 0 Å². The predicted octanol–water partition coefficient (Wildman–Crippen LogP) is 5.07. The second-order valence-corrected chi connectivity index (χ2v) is 9.35. The molecule has 0 fully saturated rings. The van der Waals surface area contributed by atoms with Crippen molar-refractivity contribution >= 4 is 23.8 Å². The third-order valence-corrected chi connectivity index (χ3v) is 5.88. The summed E-state index contributed by atoms with van der Waals surface area (Å²) in [6, 6.07) is 17.2. The highest BCUT2D eigenvalue weighted by Gasteiger charge is 2.23. The second-order valence-electron chi connectivity index (χ2n) is 9.35. The first kappa shape index (κ1) is 27.6. The molecule has 0 spiro atoms. The summed E-state index contributed by atoms with van der Waals surface area (Å²) in [5.74, 6) is -0.534. The quantitative estimate of drug-likeness (QED) is 0.211. The lowest BCUT2D eigenvalue weighted by atomic mass is 10.1. The minimum atomic E-state index is -1.20. The van der Waals surface area contributed by atoms with Crippen LogP contribution < -0.4 is 5.32 Å². The molecule has 2 aromatic heterocycles. The van der Waals surface area contributed by atoms with Gasteiger partial charge in [0, 0.05) is 36.0 Å². The summed E-state index contributed by atoms with van der Waals surface area (Å²) in [6.07, 6.45) is 1.81. The highest BCUT2D eigenvalue weighted by Crippen LogP contribution is 2.35. The topological polar surface area (TPSA) is 133 Å². The molecule has 0 aliphatic carbocycles. The number of carboxylic acid groups (broad SMARTS) is 1. The van der Waals surface area contributed by atoms with Crippen molar-refractivity contribution in [2.75, 3.05) is 5.32 Å². The average Bonchev–Trinajstić information content (AvgIpc) is 3.28. The molecule has 2 atom stereocenters. The Bertz CT molecular complexity index is 1440. The van der Waals surface area contributed by atoms with E-state index in [1.165, 1.54) is 18.2 Å². The number of hydrogen-bond acceptors (Lipinski definition) is 7. The fourth-order valence-electron chi connectivity index (χ4n) is 4.10. The van der Waals surface area contributed by atoms with Crippen molar-refractivity contribution in [3.05, 3.63) is 84.6 Å². The number of aliphatic hydroxyl groups excluding tert-OH is 2. The molecule has 4 aromatic rings. The molecule has 2 aromatic carbocycles. The minimum absolute atomic E-state index is 0.0407. The van der Waals surface area contributed by atoms with E-state index in [0.717, 1.165) is 5.69 Å². The summed E-state index contributed by atoms with van der Waals surface area (Å²) in [7, 11) is 0. The van der Waals surface area contributed by atoms with Crippen LogP contribution in [0.2, 0.25) is 0 Å². The number of aliphatic hydroxyl groups is 2. The third kappa shape index (κ3) is 7.13. The van der Waals surface area contributed by atoms with Gasteiger partial charge in [-0.25, -0.2) is 19.3 Å². The number of benzene rings is 2. The maximum absolute atomic E-state index is 13.8. The van der Waals surface area contributed by atoms with Crippen LogP contribution in [0.25, 0.3) is 28.8 Å². The normalized spacial score (nSPS) is 13.1. The molecule has 0 bridgehead atoms. The summed E-state index contributed by atoms with van der Waals surface area (Å²) < 4.78 is 15.6. The lowest BCUT2D eigenvalue weighted by Crippen LogP contribution is -2.19. The summed E-state index contributed by atoms with van der Waals surface area (Å²) in [5, 5.41) is 32.5. The lowest BCUT2D eigenvalue weighted by Gasteiger charge is -2.13. The number of nitrogens with zero attached hydrogens (tertiary/aromatic N) is 4. The molecule has 2 heterocycles. The number of carboxylic acids is 1. The molecule has 39 heavy (non-hydrogen) atoms. The number of para-hydroxylation sites is 1. The van der Waals surface area contributed by atoms with Crippen LogP contribution in [0.1, 0.15) is 38.4 Å². The van der Waals surface area contributed by atoms with Crippen molar-refractivity contribution < 1.29 is 24.5 Å². The van der Waals surface area contributed by atoms with Crippen LogP contribution in [0.15, 0.2) is 72.9 Å². The molecule has 0 saturated heterocycles. The summed E-state index contributed by atoms with van der Waals surface area (Å²) in [6.45, 7) is 3.95. The maximum atomic E-state index is 13.8. The van der Waals surface area contributed by atoms with E-state index in [-0.39, 0.29) is 18.2 Å². The monoisotopic (exact) mass is 531 g/mol. The van der Waals surface area contributed by atoms with Gasteiger partial charge in [-0.15, -0.1) is 0 Å². The van der Waals surface area contributed by atoms with Crippen LogP contribution in [0.5, 0.6) is 0 Å². The largest absolute Gasteiger partial charge is 0.481 e. The predicted molar refractivity (Wildman–Crippen MR) is 147 cm³/mol. The van der Waals surface area contributed by atoms with Crippen LogP contribution in [-0.2, 0) is 4.79 Å². The summed E-state index contributed by atoms with van der Waals surface area (Å²) in [4.78, 5) is 24.8. The molecule has 0 aliphatic rings. The van der Waals surface area contributed by atoms with E-state index < -0.39 is 24.6 Å². The molecule has 4 N–H and O–H groups in total. The first-order valence-electron chi connectivity index (χ1n) is 12.5. The van der Waals surface area contributed by atoms with Crippen molar-refractivity contribution in [3.8, 4) is 22.6 Å². The first-order chi connectivity index (χ1) is 18.7. The number of carbonyl (C=O) groups is 1. The van der Waals surface area contributed by atoms with E-state index in [1.54, 1.807) is 35.2 Å². The fourth-order valence-corrected chi connectivity index (χ4v) is 4.10. The van der Waals surface area contributed by atoms with E-state index in [1.807, 2.05) is 44.2 Å². The van der Waals surface area contributed by atoms with Gasteiger partial charge >= 0.3 is 5.97 Å². The molecule has 0 radical (unpaired) electrons. The van der Waals surface area contributed by atoms with Crippen molar-refractivity contribution in [1.82, 2.24) is 19.5 Å². The molecule has 0 saturated carbocycles. The molecule has 0 amide bonds. The number of nitrogens with one attached hydrogen (secondary N) is 1. The van der Waals surface area contributed by atoms with Gasteiger partial charge in [-0.05, 0) is 48.5 Å². The zero-order valence-electron chi connectivity index (χ0n) is 21.6. The van der Waals surface area contributed by atoms with Gasteiger partial charge in [0.05, 0.1) is 30.0 Å². The fraction of sp³-hybridized carbons (Fsp3) is 0.241. The first-order valence-corrected chi connectivity index (χ1v) is 12.5. The maximum Gasteiger partial charge on any atom is 0.305 e. The van der Waals surface area contributed by atoms with Crippen LogP contribution in [0, 0.1) is 5.82 Å². The molecular formula is C29H30FN5O4. The van der Waals surface area contributed by atoms with Gasteiger partial charge in [0.1, 0.15) is 17.3 Å². The minimum Gasteiger partial charge on any atom is -0.481 e. The smallest absolute Gasteiger partial charge is 0.305 e. The van der Waals surface area contributed by atoms with E-state index in [4.69, 9.17) is 10.1 Å². The van der Waals surface area contributed by atoms with Crippen LogP contribution in [-0.4, -0.2) is 53.0 Å². The third-order valence-electron chi connectivity index (χ3n) is 5.88. The Morgan fingerprint density at radius 3 is 2.44 bits per heavy atom. The average molecular weight is 532 g/mol. The SMILES string of the molecule is CC(C)c1nc(-c2ccnc(Nc3ccccc3)n2)c(-c2ccc(F)cc2)n1C=CC(O)CC(O)CC(=O)O. The molecule has 10 heteroatoms. The van der Waals surface area contributed by atoms with Gasteiger partial charge in [0.25, 0.3) is 0 Å². The van der Waals surface area contributed by atoms with Crippen molar-refractivity contribution in [3.63, 3.8) is 0 Å². The zero-order chi connectivity index (χ0) is 27.9. The van der Waals surface area contributed by atoms with E-state index in [0.29, 0.717) is 34.4 Å². The lowest BCUT2D eigenvalue weighted by molar-refractivity contribution is -0.139. The Hall–Kier alpha value is -4.41. The Labute approximate surface area is 225 Å². The molecular weight excluding hydrogens is 501 g/mol. The summed E-state index contributed by atoms with van der Waals surface area (Å²) >= 11 is 0. The molecule has 9 nitrogen and oxygen atoms in total. The number of aliphatic carboxylic acids is 1. The van der Waals surface area contributed by atoms with Crippen molar-refractivity contribution in [2.45, 2.75) is 44.8 Å². The van der Waals surface area contributed by atoms with Gasteiger partial charge in [0.2, 0.25) is 5.95 Å². The zero-order valence-corrected chi connectivity index (χ0v) is 21.6. The van der Waals surface area contributed by atoms with Gasteiger partial charge in [-0.1, -0.05) is 32.0 Å². The Morgan fingerprint density at radius 1 is 1.05 bits per heavy atom. The molecule has 202 valence electrons. The van der Waals surface area contributed by atoms with E-state index in [9.17, 15) is 19.4 Å². The number of imidazole rings is 1. The number of aromatic nitrogens is 4. The summed E-state index contributed by atoms with van der Waals surface area (Å²) in [5.41, 5.74) is 3.19. The number of rotatable bonds is 11. The van der Waals surface area contributed by atoms with Crippen LogP contribution in [0.4, 0.5) is 16.0 Å². The van der Waals surface area contributed by atoms with Crippen LogP contribution in [0.3, 0.4) is 0 Å². The van der Waals surface area contributed by atoms with E-state index in [2.05, 4.69) is 15.3 Å². The highest BCUT2D eigenvalue weighted by molar-refractivity contribution is 5.79. The van der Waals surface area contributed by atoms with Crippen LogP contribution >= 0.6 is 0 Å². The van der Waals surface area contributed by atoms with E-state index >= 15 is 0 Å². The van der Waals surface area contributed by atoms with Crippen molar-refractivity contribution in [1.29, 1.82) is 0 Å². The number of halogens is 1. The number of hydrogen-bond donors (Lipinski definition) is 4. The van der Waals surface area contributed by atoms with Gasteiger partial charge in [-0.3, -0.25) is 4.79 Å². The standard InChI is InChI=1S/C29H30FN5O4/c1-18(2)28-34-26(24-12-14-31-29(33-24)32-21-6-4-3-5-7-21)27(19-8-10-20(30)11-9-19)35(28)15-13-22(36)16-23(37)17-25(38)39/h3-15,18,22-23,36-37H,16-17H2,1-2H3,(H,38,39)(H,31,32,33). The second kappa shape index (κ2) is 12.4. The van der Waals surface area contributed by atoms with Gasteiger partial charge in [-0.2, -0.15) is 0 Å². The van der Waals surface area contributed by atoms with Gasteiger partial charge in [0.15, 0.2) is 0 Å². The Kier molecular flexibility index (Phi) is 8.80. The number of anilines is 2. The Balaban J connectivity index is 1.78. The Morgan fingerprint density at radius 2 is 1.77 bits per heavy atom. The molecule has 2 unspecified atom stereocenters. The highest BCUT2D eigenvalue weighted by atomic mass is 19.1. The molecule has 0 aliphatic heterocycles. The van der Waals surface area contributed by atoms with Gasteiger partial charge < -0.3 is 25.2 Å². The molecule has 4 rings (SSSR count).